The lowest BCUT2D eigenvalue weighted by Gasteiger charge is -2.09. The summed E-state index contributed by atoms with van der Waals surface area (Å²) in [4.78, 5) is 11.8. The van der Waals surface area contributed by atoms with E-state index >= 15 is 0 Å². The standard InChI is InChI=1S/C16H15N3O2/c17-11-12-5-7-13(8-6-12)21-10-9-16(20)19-15-4-2-1-3-14(15)18/h1-8H,9-10,18H2,(H,19,20). The molecule has 0 atom stereocenters. The van der Waals surface area contributed by atoms with Crippen LogP contribution in [0.2, 0.25) is 0 Å². The number of benzene rings is 2. The second-order valence-corrected chi connectivity index (χ2v) is 4.37. The zero-order chi connectivity index (χ0) is 15.1. The van der Waals surface area contributed by atoms with E-state index in [1.165, 1.54) is 0 Å². The van der Waals surface area contributed by atoms with Crippen molar-refractivity contribution in [1.82, 2.24) is 0 Å². The molecular weight excluding hydrogens is 266 g/mol. The second-order valence-electron chi connectivity index (χ2n) is 4.37. The Morgan fingerprint density at radius 1 is 1.19 bits per heavy atom. The molecule has 0 unspecified atom stereocenters. The van der Waals surface area contributed by atoms with Crippen LogP contribution in [0.15, 0.2) is 48.5 Å². The number of carbonyl (C=O) groups is 1. The van der Waals surface area contributed by atoms with Crippen LogP contribution in [0.25, 0.3) is 0 Å². The predicted octanol–water partition coefficient (Wildman–Crippen LogP) is 2.55. The minimum atomic E-state index is -0.165. The molecule has 0 saturated carbocycles. The molecule has 0 heterocycles. The number of nitriles is 1. The van der Waals surface area contributed by atoms with Crippen LogP contribution in [0.5, 0.6) is 5.75 Å². The van der Waals surface area contributed by atoms with Crippen LogP contribution in [0.3, 0.4) is 0 Å². The number of nitrogens with two attached hydrogens (primary N) is 1. The highest BCUT2D eigenvalue weighted by atomic mass is 16.5. The summed E-state index contributed by atoms with van der Waals surface area (Å²) < 4.78 is 5.44. The van der Waals surface area contributed by atoms with Gasteiger partial charge < -0.3 is 15.8 Å². The van der Waals surface area contributed by atoms with Crippen molar-refractivity contribution in [1.29, 1.82) is 5.26 Å². The third-order valence-corrected chi connectivity index (χ3v) is 2.82. The lowest BCUT2D eigenvalue weighted by molar-refractivity contribution is -0.116. The van der Waals surface area contributed by atoms with Gasteiger partial charge in [0.25, 0.3) is 0 Å². The minimum absolute atomic E-state index is 0.165. The molecule has 5 nitrogen and oxygen atoms in total. The maximum atomic E-state index is 11.8. The molecule has 2 rings (SSSR count). The number of nitrogens with zero attached hydrogens (tertiary/aromatic N) is 1. The van der Waals surface area contributed by atoms with Gasteiger partial charge in [0.15, 0.2) is 0 Å². The number of carbonyl (C=O) groups excluding carboxylic acids is 1. The number of nitrogen functional groups attached to an aromatic ring is 1. The van der Waals surface area contributed by atoms with E-state index in [0.717, 1.165) is 0 Å². The molecule has 2 aromatic rings. The van der Waals surface area contributed by atoms with E-state index in [1.54, 1.807) is 48.5 Å². The van der Waals surface area contributed by atoms with E-state index in [1.807, 2.05) is 6.07 Å². The SMILES string of the molecule is N#Cc1ccc(OCCC(=O)Nc2ccccc2N)cc1. The Morgan fingerprint density at radius 3 is 2.57 bits per heavy atom. The number of hydrogen-bond donors (Lipinski definition) is 2. The van der Waals surface area contributed by atoms with Crippen molar-refractivity contribution in [2.24, 2.45) is 0 Å². The van der Waals surface area contributed by atoms with Gasteiger partial charge in [-0.15, -0.1) is 0 Å². The van der Waals surface area contributed by atoms with E-state index in [2.05, 4.69) is 5.32 Å². The number of anilines is 2. The molecule has 0 spiro atoms. The number of nitrogens with one attached hydrogen (secondary N) is 1. The van der Waals surface area contributed by atoms with Gasteiger partial charge in [-0.1, -0.05) is 12.1 Å². The van der Waals surface area contributed by atoms with E-state index in [-0.39, 0.29) is 18.9 Å². The van der Waals surface area contributed by atoms with Crippen molar-refractivity contribution >= 4 is 17.3 Å². The van der Waals surface area contributed by atoms with Gasteiger partial charge in [-0.25, -0.2) is 0 Å². The number of ether oxygens (including phenoxy) is 1. The van der Waals surface area contributed by atoms with Gasteiger partial charge >= 0.3 is 0 Å². The molecule has 5 heteroatoms. The lowest BCUT2D eigenvalue weighted by atomic mass is 10.2. The van der Waals surface area contributed by atoms with Gasteiger partial charge in [-0.05, 0) is 36.4 Å². The molecule has 0 radical (unpaired) electrons. The Kier molecular flexibility index (Phi) is 4.78. The molecule has 0 aliphatic rings. The fourth-order valence-electron chi connectivity index (χ4n) is 1.71. The van der Waals surface area contributed by atoms with Gasteiger partial charge in [0.05, 0.1) is 36.0 Å². The van der Waals surface area contributed by atoms with Crippen molar-refractivity contribution in [3.63, 3.8) is 0 Å². The summed E-state index contributed by atoms with van der Waals surface area (Å²) in [5.41, 5.74) is 7.44. The normalized spacial score (nSPS) is 9.67. The van der Waals surface area contributed by atoms with E-state index in [4.69, 9.17) is 15.7 Å². The molecular formula is C16H15N3O2. The van der Waals surface area contributed by atoms with Gasteiger partial charge in [0.2, 0.25) is 5.91 Å². The highest BCUT2D eigenvalue weighted by molar-refractivity contribution is 5.93. The van der Waals surface area contributed by atoms with Gasteiger partial charge in [0.1, 0.15) is 5.75 Å². The van der Waals surface area contributed by atoms with Crippen molar-refractivity contribution in [3.8, 4) is 11.8 Å². The topological polar surface area (TPSA) is 88.1 Å². The first kappa shape index (κ1) is 14.4. The Labute approximate surface area is 123 Å². The van der Waals surface area contributed by atoms with Gasteiger partial charge in [0, 0.05) is 0 Å². The van der Waals surface area contributed by atoms with E-state index in [9.17, 15) is 4.79 Å². The van der Waals surface area contributed by atoms with Crippen LogP contribution >= 0.6 is 0 Å². The summed E-state index contributed by atoms with van der Waals surface area (Å²) >= 11 is 0. The van der Waals surface area contributed by atoms with Gasteiger partial charge in [-0.3, -0.25) is 4.79 Å². The molecule has 1 amide bonds. The number of amides is 1. The van der Waals surface area contributed by atoms with E-state index < -0.39 is 0 Å². The first-order valence-electron chi connectivity index (χ1n) is 6.46. The molecule has 0 aromatic heterocycles. The molecule has 0 fully saturated rings. The predicted molar refractivity (Wildman–Crippen MR) is 80.8 cm³/mol. The average molecular weight is 281 g/mol. The second kappa shape index (κ2) is 6.96. The highest BCUT2D eigenvalue weighted by Crippen LogP contribution is 2.17. The van der Waals surface area contributed by atoms with Crippen molar-refractivity contribution < 1.29 is 9.53 Å². The molecule has 0 saturated heterocycles. The van der Waals surface area contributed by atoms with Crippen molar-refractivity contribution in [3.05, 3.63) is 54.1 Å². The molecule has 106 valence electrons. The van der Waals surface area contributed by atoms with Crippen LogP contribution in [-0.4, -0.2) is 12.5 Å². The number of rotatable bonds is 5. The zero-order valence-electron chi connectivity index (χ0n) is 11.4. The summed E-state index contributed by atoms with van der Waals surface area (Å²) in [5, 5.41) is 11.4. The first-order chi connectivity index (χ1) is 10.2. The van der Waals surface area contributed by atoms with Crippen LogP contribution in [-0.2, 0) is 4.79 Å². The third-order valence-electron chi connectivity index (χ3n) is 2.82. The maximum Gasteiger partial charge on any atom is 0.227 e. The molecule has 0 bridgehead atoms. The third kappa shape index (κ3) is 4.25. The summed E-state index contributed by atoms with van der Waals surface area (Å²) in [7, 11) is 0. The highest BCUT2D eigenvalue weighted by Gasteiger charge is 2.05. The Hall–Kier alpha value is -3.00. The molecule has 21 heavy (non-hydrogen) atoms. The fourth-order valence-corrected chi connectivity index (χ4v) is 1.71. The Morgan fingerprint density at radius 2 is 1.90 bits per heavy atom. The number of para-hydroxylation sites is 2. The summed E-state index contributed by atoms with van der Waals surface area (Å²) in [6.45, 7) is 0.254. The van der Waals surface area contributed by atoms with Crippen molar-refractivity contribution in [2.75, 3.05) is 17.7 Å². The van der Waals surface area contributed by atoms with Crippen LogP contribution in [0.1, 0.15) is 12.0 Å². The zero-order valence-corrected chi connectivity index (χ0v) is 11.4. The average Bonchev–Trinajstić information content (AvgIpc) is 2.50. The Balaban J connectivity index is 1.79. The molecule has 2 aromatic carbocycles. The molecule has 0 aliphatic carbocycles. The Bertz CT molecular complexity index is 660. The fraction of sp³-hybridized carbons (Fsp3) is 0.125. The monoisotopic (exact) mass is 281 g/mol. The summed E-state index contributed by atoms with van der Waals surface area (Å²) in [6.07, 6.45) is 0.217. The smallest absolute Gasteiger partial charge is 0.227 e. The molecule has 3 N–H and O–H groups in total. The van der Waals surface area contributed by atoms with Crippen LogP contribution in [0, 0.1) is 11.3 Å². The van der Waals surface area contributed by atoms with Gasteiger partial charge in [-0.2, -0.15) is 5.26 Å². The lowest BCUT2D eigenvalue weighted by Crippen LogP contribution is -2.16. The first-order valence-corrected chi connectivity index (χ1v) is 6.46. The summed E-state index contributed by atoms with van der Waals surface area (Å²) in [5.74, 6) is 0.461. The van der Waals surface area contributed by atoms with Crippen LogP contribution in [0.4, 0.5) is 11.4 Å². The minimum Gasteiger partial charge on any atom is -0.493 e. The van der Waals surface area contributed by atoms with Crippen LogP contribution < -0.4 is 15.8 Å². The number of hydrogen-bond acceptors (Lipinski definition) is 4. The summed E-state index contributed by atoms with van der Waals surface area (Å²) in [6, 6.07) is 15.8. The van der Waals surface area contributed by atoms with E-state index in [0.29, 0.717) is 22.7 Å². The molecule has 0 aliphatic heterocycles. The maximum absolute atomic E-state index is 11.8. The largest absolute Gasteiger partial charge is 0.493 e. The quantitative estimate of drug-likeness (QED) is 0.824. The van der Waals surface area contributed by atoms with Crippen molar-refractivity contribution in [2.45, 2.75) is 6.42 Å².